The summed E-state index contributed by atoms with van der Waals surface area (Å²) in [4.78, 5) is 0. The summed E-state index contributed by atoms with van der Waals surface area (Å²) < 4.78 is 10.9. The number of ether oxygens (including phenoxy) is 2. The van der Waals surface area contributed by atoms with Crippen molar-refractivity contribution in [2.45, 2.75) is 26.4 Å². The number of hydrogen-bond donors (Lipinski definition) is 1. The smallest absolute Gasteiger partial charge is 0.126 e. The van der Waals surface area contributed by atoms with Crippen molar-refractivity contribution in [1.29, 1.82) is 0 Å². The first-order valence-electron chi connectivity index (χ1n) is 5.10. The van der Waals surface area contributed by atoms with E-state index in [0.29, 0.717) is 6.61 Å². The van der Waals surface area contributed by atoms with Crippen LogP contribution >= 0.6 is 0 Å². The minimum Gasteiger partial charge on any atom is -0.494 e. The van der Waals surface area contributed by atoms with Gasteiger partial charge < -0.3 is 14.6 Å². The predicted molar refractivity (Wildman–Crippen MR) is 59.4 cm³/mol. The van der Waals surface area contributed by atoms with Crippen LogP contribution in [0.4, 0.5) is 0 Å². The summed E-state index contributed by atoms with van der Waals surface area (Å²) in [5.74, 6) is 1.56. The van der Waals surface area contributed by atoms with E-state index in [1.54, 1.807) is 0 Å². The molecule has 0 amide bonds. The molecule has 0 aliphatic rings. The molecule has 3 heteroatoms. The van der Waals surface area contributed by atoms with Crippen LogP contribution in [0.25, 0.3) is 0 Å². The van der Waals surface area contributed by atoms with Gasteiger partial charge in [0.05, 0.1) is 13.2 Å². The van der Waals surface area contributed by atoms with E-state index in [-0.39, 0.29) is 6.61 Å². The number of hydrogen-bond acceptors (Lipinski definition) is 3. The Bertz CT molecular complexity index is 290. The second-order valence-electron chi connectivity index (χ2n) is 3.92. The van der Waals surface area contributed by atoms with Gasteiger partial charge in [-0.05, 0) is 45.0 Å². The highest BCUT2D eigenvalue weighted by Crippen LogP contribution is 2.21. The third kappa shape index (κ3) is 3.80. The van der Waals surface area contributed by atoms with Gasteiger partial charge in [0.25, 0.3) is 0 Å². The number of aliphatic hydroxyl groups excluding tert-OH is 1. The van der Waals surface area contributed by atoms with Crippen molar-refractivity contribution in [3.8, 4) is 11.5 Å². The van der Waals surface area contributed by atoms with E-state index < -0.39 is 5.60 Å². The first-order chi connectivity index (χ1) is 7.07. The minimum absolute atomic E-state index is 0.0137. The van der Waals surface area contributed by atoms with Crippen LogP contribution in [0.5, 0.6) is 11.5 Å². The molecule has 84 valence electrons. The molecule has 0 fully saturated rings. The average Bonchev–Trinajstić information content (AvgIpc) is 2.21. The van der Waals surface area contributed by atoms with E-state index in [0.717, 1.165) is 11.5 Å². The van der Waals surface area contributed by atoms with Gasteiger partial charge in [-0.2, -0.15) is 0 Å². The second kappa shape index (κ2) is 5.03. The Hall–Kier alpha value is -1.22. The summed E-state index contributed by atoms with van der Waals surface area (Å²) in [6.07, 6.45) is 0. The molecule has 0 atom stereocenters. The van der Waals surface area contributed by atoms with Crippen molar-refractivity contribution in [2.24, 2.45) is 0 Å². The topological polar surface area (TPSA) is 38.7 Å². The number of rotatable bonds is 5. The van der Waals surface area contributed by atoms with E-state index in [1.807, 2.05) is 45.0 Å². The third-order valence-corrected chi connectivity index (χ3v) is 1.91. The van der Waals surface area contributed by atoms with Crippen molar-refractivity contribution in [3.05, 3.63) is 24.3 Å². The first kappa shape index (κ1) is 11.9. The zero-order chi connectivity index (χ0) is 11.3. The molecule has 1 N–H and O–H groups in total. The van der Waals surface area contributed by atoms with Crippen LogP contribution < -0.4 is 9.47 Å². The van der Waals surface area contributed by atoms with E-state index in [2.05, 4.69) is 0 Å². The number of aliphatic hydroxyl groups is 1. The SMILES string of the molecule is CCOc1ccc(OC(C)(C)CO)cc1. The third-order valence-electron chi connectivity index (χ3n) is 1.91. The van der Waals surface area contributed by atoms with E-state index in [9.17, 15) is 0 Å². The molecule has 0 saturated heterocycles. The highest BCUT2D eigenvalue weighted by Gasteiger charge is 2.17. The van der Waals surface area contributed by atoms with Crippen molar-refractivity contribution in [3.63, 3.8) is 0 Å². The Morgan fingerprint density at radius 2 is 1.67 bits per heavy atom. The Labute approximate surface area is 90.6 Å². The van der Waals surface area contributed by atoms with Gasteiger partial charge in [-0.25, -0.2) is 0 Å². The first-order valence-corrected chi connectivity index (χ1v) is 5.10. The van der Waals surface area contributed by atoms with E-state index in [1.165, 1.54) is 0 Å². The highest BCUT2D eigenvalue weighted by atomic mass is 16.5. The van der Waals surface area contributed by atoms with Crippen LogP contribution in [0.2, 0.25) is 0 Å². The quantitative estimate of drug-likeness (QED) is 0.810. The Morgan fingerprint density at radius 1 is 1.13 bits per heavy atom. The summed E-state index contributed by atoms with van der Waals surface area (Å²) in [7, 11) is 0. The summed E-state index contributed by atoms with van der Waals surface area (Å²) in [5.41, 5.74) is -0.548. The van der Waals surface area contributed by atoms with Gasteiger partial charge in [0, 0.05) is 0 Å². The van der Waals surface area contributed by atoms with Crippen molar-refractivity contribution in [2.75, 3.05) is 13.2 Å². The molecule has 0 spiro atoms. The fourth-order valence-corrected chi connectivity index (χ4v) is 1.12. The maximum Gasteiger partial charge on any atom is 0.126 e. The summed E-state index contributed by atoms with van der Waals surface area (Å²) >= 11 is 0. The molecule has 0 heterocycles. The van der Waals surface area contributed by atoms with Gasteiger partial charge in [-0.15, -0.1) is 0 Å². The lowest BCUT2D eigenvalue weighted by Crippen LogP contribution is -2.32. The molecule has 0 aliphatic heterocycles. The monoisotopic (exact) mass is 210 g/mol. The molecule has 0 aromatic heterocycles. The zero-order valence-electron chi connectivity index (χ0n) is 9.49. The van der Waals surface area contributed by atoms with Crippen LogP contribution in [-0.4, -0.2) is 23.9 Å². The van der Waals surface area contributed by atoms with Crippen LogP contribution in [0.1, 0.15) is 20.8 Å². The van der Waals surface area contributed by atoms with Crippen LogP contribution in [-0.2, 0) is 0 Å². The molecule has 0 radical (unpaired) electrons. The van der Waals surface area contributed by atoms with Gasteiger partial charge in [0.2, 0.25) is 0 Å². The molecule has 0 bridgehead atoms. The van der Waals surface area contributed by atoms with Crippen molar-refractivity contribution < 1.29 is 14.6 Å². The van der Waals surface area contributed by atoms with Gasteiger partial charge >= 0.3 is 0 Å². The van der Waals surface area contributed by atoms with Crippen LogP contribution in [0.15, 0.2) is 24.3 Å². The lowest BCUT2D eigenvalue weighted by Gasteiger charge is -2.23. The van der Waals surface area contributed by atoms with E-state index in [4.69, 9.17) is 14.6 Å². The normalized spacial score (nSPS) is 11.2. The fraction of sp³-hybridized carbons (Fsp3) is 0.500. The molecule has 3 nitrogen and oxygen atoms in total. The van der Waals surface area contributed by atoms with Gasteiger partial charge in [0.1, 0.15) is 17.1 Å². The second-order valence-corrected chi connectivity index (χ2v) is 3.92. The Balaban J connectivity index is 2.64. The average molecular weight is 210 g/mol. The summed E-state index contributed by atoms with van der Waals surface area (Å²) in [6, 6.07) is 7.38. The van der Waals surface area contributed by atoms with Crippen LogP contribution in [0, 0.1) is 0 Å². The molecule has 0 saturated carbocycles. The molecule has 0 aliphatic carbocycles. The molecule has 0 unspecified atom stereocenters. The lowest BCUT2D eigenvalue weighted by atomic mass is 10.1. The van der Waals surface area contributed by atoms with Gasteiger partial charge in [-0.3, -0.25) is 0 Å². The molecule has 1 rings (SSSR count). The summed E-state index contributed by atoms with van der Waals surface area (Å²) in [6.45, 7) is 6.26. The maximum atomic E-state index is 9.04. The molecule has 1 aromatic carbocycles. The highest BCUT2D eigenvalue weighted by molar-refractivity contribution is 5.31. The van der Waals surface area contributed by atoms with Crippen molar-refractivity contribution in [1.82, 2.24) is 0 Å². The minimum atomic E-state index is -0.548. The van der Waals surface area contributed by atoms with E-state index >= 15 is 0 Å². The lowest BCUT2D eigenvalue weighted by molar-refractivity contribution is 0.0412. The Kier molecular flexibility index (Phi) is 3.97. The van der Waals surface area contributed by atoms with Gasteiger partial charge in [-0.1, -0.05) is 0 Å². The summed E-state index contributed by atoms with van der Waals surface area (Å²) in [5, 5.41) is 9.04. The molecule has 1 aromatic rings. The molecular formula is C12H18O3. The largest absolute Gasteiger partial charge is 0.494 e. The maximum absolute atomic E-state index is 9.04. The zero-order valence-corrected chi connectivity index (χ0v) is 9.49. The van der Waals surface area contributed by atoms with Crippen LogP contribution in [0.3, 0.4) is 0 Å². The van der Waals surface area contributed by atoms with Gasteiger partial charge in [0.15, 0.2) is 0 Å². The number of benzene rings is 1. The molecular weight excluding hydrogens is 192 g/mol. The van der Waals surface area contributed by atoms with Crippen molar-refractivity contribution >= 4 is 0 Å². The fourth-order valence-electron chi connectivity index (χ4n) is 1.12. The standard InChI is InChI=1S/C12H18O3/c1-4-14-10-5-7-11(8-6-10)15-12(2,3)9-13/h5-8,13H,4,9H2,1-3H3. The molecule has 15 heavy (non-hydrogen) atoms. The Morgan fingerprint density at radius 3 is 2.13 bits per heavy atom. The predicted octanol–water partition coefficient (Wildman–Crippen LogP) is 2.24.